The molecule has 112 valence electrons. The molecule has 0 aromatic carbocycles. The predicted octanol–water partition coefficient (Wildman–Crippen LogP) is 2.66. The van der Waals surface area contributed by atoms with Gasteiger partial charge < -0.3 is 20.1 Å². The van der Waals surface area contributed by atoms with Crippen LogP contribution in [0.2, 0.25) is 0 Å². The van der Waals surface area contributed by atoms with Gasteiger partial charge in [-0.3, -0.25) is 0 Å². The third kappa shape index (κ3) is 3.03. The van der Waals surface area contributed by atoms with E-state index in [0.717, 1.165) is 18.5 Å². The Kier molecular flexibility index (Phi) is 3.84. The van der Waals surface area contributed by atoms with Crippen molar-refractivity contribution >= 4 is 5.69 Å². The molecule has 2 aromatic rings. The summed E-state index contributed by atoms with van der Waals surface area (Å²) in [7, 11) is 1.59. The molecule has 21 heavy (non-hydrogen) atoms. The molecule has 3 rings (SSSR count). The summed E-state index contributed by atoms with van der Waals surface area (Å²) >= 11 is 0. The van der Waals surface area contributed by atoms with Crippen molar-refractivity contribution in [1.29, 1.82) is 0 Å². The smallest absolute Gasteiger partial charge is 0.213 e. The molecule has 5 heteroatoms. The molecule has 1 aliphatic rings. The van der Waals surface area contributed by atoms with Crippen molar-refractivity contribution in [2.45, 2.75) is 37.3 Å². The second-order valence-electron chi connectivity index (χ2n) is 5.62. The van der Waals surface area contributed by atoms with E-state index in [1.54, 1.807) is 13.2 Å². The molecule has 0 saturated heterocycles. The van der Waals surface area contributed by atoms with Gasteiger partial charge in [-0.15, -0.1) is 0 Å². The average molecular weight is 287 g/mol. The molecule has 1 fully saturated rings. The maximum atomic E-state index is 10.9. The second kappa shape index (κ2) is 5.77. The SMILES string of the molecule is COc1cccc(C2(O)CCC(Nc3cc[nH]c3)CC2)n1. The van der Waals surface area contributed by atoms with E-state index in [2.05, 4.69) is 15.3 Å². The van der Waals surface area contributed by atoms with Crippen LogP contribution in [0.5, 0.6) is 5.88 Å². The summed E-state index contributed by atoms with van der Waals surface area (Å²) in [4.78, 5) is 7.43. The van der Waals surface area contributed by atoms with Crippen molar-refractivity contribution in [2.75, 3.05) is 12.4 Å². The Morgan fingerprint density at radius 3 is 2.81 bits per heavy atom. The maximum Gasteiger partial charge on any atom is 0.213 e. The van der Waals surface area contributed by atoms with Crippen LogP contribution in [0, 0.1) is 0 Å². The van der Waals surface area contributed by atoms with Crippen molar-refractivity contribution in [2.24, 2.45) is 0 Å². The lowest BCUT2D eigenvalue weighted by Crippen LogP contribution is -2.36. The first-order valence-corrected chi connectivity index (χ1v) is 7.33. The molecule has 0 atom stereocenters. The molecule has 2 heterocycles. The first kappa shape index (κ1) is 13.9. The Labute approximate surface area is 124 Å². The van der Waals surface area contributed by atoms with Crippen LogP contribution in [0.25, 0.3) is 0 Å². The van der Waals surface area contributed by atoms with Crippen molar-refractivity contribution in [3.8, 4) is 5.88 Å². The number of rotatable bonds is 4. The van der Waals surface area contributed by atoms with Gasteiger partial charge in [0.1, 0.15) is 5.60 Å². The molecule has 3 N–H and O–H groups in total. The number of aliphatic hydroxyl groups is 1. The highest BCUT2D eigenvalue weighted by atomic mass is 16.5. The van der Waals surface area contributed by atoms with Crippen LogP contribution >= 0.6 is 0 Å². The minimum absolute atomic E-state index is 0.395. The fraction of sp³-hybridized carbons (Fsp3) is 0.438. The summed E-state index contributed by atoms with van der Waals surface area (Å²) in [6.45, 7) is 0. The minimum Gasteiger partial charge on any atom is -0.481 e. The van der Waals surface area contributed by atoms with Gasteiger partial charge in [0.15, 0.2) is 0 Å². The fourth-order valence-electron chi connectivity index (χ4n) is 2.93. The summed E-state index contributed by atoms with van der Waals surface area (Å²) in [6, 6.07) is 7.97. The molecular weight excluding hydrogens is 266 g/mol. The molecule has 5 nitrogen and oxygen atoms in total. The van der Waals surface area contributed by atoms with E-state index in [4.69, 9.17) is 4.74 Å². The zero-order chi connectivity index (χ0) is 14.7. The van der Waals surface area contributed by atoms with E-state index >= 15 is 0 Å². The highest BCUT2D eigenvalue weighted by Gasteiger charge is 2.36. The topological polar surface area (TPSA) is 70.2 Å². The highest BCUT2D eigenvalue weighted by Crippen LogP contribution is 2.37. The van der Waals surface area contributed by atoms with Gasteiger partial charge in [0, 0.05) is 24.5 Å². The Bertz CT molecular complexity index is 575. The average Bonchev–Trinajstić information content (AvgIpc) is 3.03. The number of hydrogen-bond donors (Lipinski definition) is 3. The number of nitrogens with one attached hydrogen (secondary N) is 2. The van der Waals surface area contributed by atoms with Crippen LogP contribution in [0.15, 0.2) is 36.7 Å². The molecule has 0 radical (unpaired) electrons. The van der Waals surface area contributed by atoms with E-state index in [-0.39, 0.29) is 0 Å². The summed E-state index contributed by atoms with van der Waals surface area (Å²) < 4.78 is 5.14. The standard InChI is InChI=1S/C16H21N3O2/c1-21-15-4-2-3-14(19-15)16(20)8-5-12(6-9-16)18-13-7-10-17-11-13/h2-4,7,10-12,17-18,20H,5-6,8-9H2,1H3. The largest absolute Gasteiger partial charge is 0.481 e. The van der Waals surface area contributed by atoms with Gasteiger partial charge in [-0.1, -0.05) is 6.07 Å². The maximum absolute atomic E-state index is 10.9. The third-order valence-corrected chi connectivity index (χ3v) is 4.19. The van der Waals surface area contributed by atoms with Gasteiger partial charge in [0.25, 0.3) is 0 Å². The molecule has 0 spiro atoms. The van der Waals surface area contributed by atoms with Crippen LogP contribution in [0.3, 0.4) is 0 Å². The predicted molar refractivity (Wildman–Crippen MR) is 81.4 cm³/mol. The first-order valence-electron chi connectivity index (χ1n) is 7.33. The number of H-pyrrole nitrogens is 1. The minimum atomic E-state index is -0.842. The van der Waals surface area contributed by atoms with Gasteiger partial charge in [0.05, 0.1) is 18.5 Å². The Balaban J connectivity index is 1.65. The van der Waals surface area contributed by atoms with E-state index in [9.17, 15) is 5.11 Å². The summed E-state index contributed by atoms with van der Waals surface area (Å²) in [5, 5.41) is 14.3. The van der Waals surface area contributed by atoms with Gasteiger partial charge in [-0.05, 0) is 37.8 Å². The number of pyridine rings is 1. The van der Waals surface area contributed by atoms with Gasteiger partial charge in [-0.25, -0.2) is 4.98 Å². The monoisotopic (exact) mass is 287 g/mol. The number of methoxy groups -OCH3 is 1. The highest BCUT2D eigenvalue weighted by molar-refractivity contribution is 5.41. The van der Waals surface area contributed by atoms with E-state index < -0.39 is 5.60 Å². The molecular formula is C16H21N3O2. The van der Waals surface area contributed by atoms with Crippen molar-refractivity contribution in [3.05, 3.63) is 42.4 Å². The van der Waals surface area contributed by atoms with Crippen molar-refractivity contribution in [3.63, 3.8) is 0 Å². The quantitative estimate of drug-likeness (QED) is 0.808. The van der Waals surface area contributed by atoms with E-state index in [1.807, 2.05) is 30.6 Å². The molecule has 0 aliphatic heterocycles. The van der Waals surface area contributed by atoms with Crippen molar-refractivity contribution in [1.82, 2.24) is 9.97 Å². The number of nitrogens with zero attached hydrogens (tertiary/aromatic N) is 1. The molecule has 0 amide bonds. The summed E-state index contributed by atoms with van der Waals surface area (Å²) in [5.41, 5.74) is 0.970. The number of anilines is 1. The Morgan fingerprint density at radius 1 is 1.33 bits per heavy atom. The normalized spacial score (nSPS) is 25.5. The lowest BCUT2D eigenvalue weighted by atomic mass is 9.80. The van der Waals surface area contributed by atoms with Crippen LogP contribution < -0.4 is 10.1 Å². The number of aromatic nitrogens is 2. The zero-order valence-electron chi connectivity index (χ0n) is 12.2. The van der Waals surface area contributed by atoms with Gasteiger partial charge in [-0.2, -0.15) is 0 Å². The Morgan fingerprint density at radius 2 is 2.14 bits per heavy atom. The van der Waals surface area contributed by atoms with Crippen LogP contribution in [0.1, 0.15) is 31.4 Å². The van der Waals surface area contributed by atoms with Crippen LogP contribution in [0.4, 0.5) is 5.69 Å². The summed E-state index contributed by atoms with van der Waals surface area (Å²) in [5.74, 6) is 0.550. The zero-order valence-corrected chi connectivity index (χ0v) is 12.2. The lowest BCUT2D eigenvalue weighted by Gasteiger charge is -2.36. The van der Waals surface area contributed by atoms with E-state index in [0.29, 0.717) is 30.5 Å². The van der Waals surface area contributed by atoms with Crippen LogP contribution in [-0.4, -0.2) is 28.2 Å². The number of ether oxygens (including phenoxy) is 1. The van der Waals surface area contributed by atoms with E-state index in [1.165, 1.54) is 0 Å². The van der Waals surface area contributed by atoms with Crippen LogP contribution in [-0.2, 0) is 5.60 Å². The Hall–Kier alpha value is -2.01. The van der Waals surface area contributed by atoms with Gasteiger partial charge in [0.2, 0.25) is 5.88 Å². The second-order valence-corrected chi connectivity index (χ2v) is 5.62. The third-order valence-electron chi connectivity index (χ3n) is 4.19. The fourth-order valence-corrected chi connectivity index (χ4v) is 2.93. The molecule has 0 bridgehead atoms. The number of aromatic amines is 1. The van der Waals surface area contributed by atoms with Gasteiger partial charge >= 0.3 is 0 Å². The van der Waals surface area contributed by atoms with Crippen molar-refractivity contribution < 1.29 is 9.84 Å². The number of hydrogen-bond acceptors (Lipinski definition) is 4. The summed E-state index contributed by atoms with van der Waals surface area (Å²) in [6.07, 6.45) is 7.09. The molecule has 1 saturated carbocycles. The lowest BCUT2D eigenvalue weighted by molar-refractivity contribution is -0.00765. The molecule has 2 aromatic heterocycles. The first-order chi connectivity index (χ1) is 10.2. The molecule has 0 unspecified atom stereocenters. The molecule has 1 aliphatic carbocycles.